The van der Waals surface area contributed by atoms with Gasteiger partial charge in [0.15, 0.2) is 5.11 Å². The van der Waals surface area contributed by atoms with Crippen LogP contribution in [-0.4, -0.2) is 31.8 Å². The Hall–Kier alpha value is -2.94. The highest BCUT2D eigenvalue weighted by atomic mass is 35.5. The highest BCUT2D eigenvalue weighted by Crippen LogP contribution is 2.20. The van der Waals surface area contributed by atoms with Crippen LogP contribution >= 0.6 is 35.6 Å². The van der Waals surface area contributed by atoms with Gasteiger partial charge in [0.05, 0.1) is 11.4 Å². The number of nitrogens with zero attached hydrogens (tertiary/aromatic N) is 3. The number of thioether (sulfide) groups is 1. The number of amides is 1. The summed E-state index contributed by atoms with van der Waals surface area (Å²) in [7, 11) is 0. The van der Waals surface area contributed by atoms with Gasteiger partial charge in [-0.15, -0.1) is 22.0 Å². The third-order valence-electron chi connectivity index (χ3n) is 5.06. The van der Waals surface area contributed by atoms with Gasteiger partial charge in [0.25, 0.3) is 0 Å². The number of hydrogen-bond donors (Lipinski definition) is 2. The van der Waals surface area contributed by atoms with Gasteiger partial charge in [-0.3, -0.25) is 4.79 Å². The third-order valence-corrected chi connectivity index (χ3v) is 6.53. The van der Waals surface area contributed by atoms with E-state index < -0.39 is 0 Å². The molecule has 0 fully saturated rings. The summed E-state index contributed by atoms with van der Waals surface area (Å²) in [6, 6.07) is 21.2. The lowest BCUT2D eigenvalue weighted by Gasteiger charge is -2.09. The number of halogens is 1. The number of anilines is 1. The number of carbonyl (C=O) groups is 1. The fraction of sp³-hybridized carbons (Fsp3) is 0.200. The molecule has 9 heteroatoms. The van der Waals surface area contributed by atoms with E-state index in [4.69, 9.17) is 23.8 Å². The van der Waals surface area contributed by atoms with E-state index in [-0.39, 0.29) is 16.8 Å². The first-order valence-corrected chi connectivity index (χ1v) is 12.7. The lowest BCUT2D eigenvalue weighted by atomic mass is 10.1. The Kier molecular flexibility index (Phi) is 8.16. The fourth-order valence-corrected chi connectivity index (χ4v) is 4.35. The summed E-state index contributed by atoms with van der Waals surface area (Å²) in [5, 5.41) is 15.8. The van der Waals surface area contributed by atoms with Gasteiger partial charge in [0.2, 0.25) is 5.91 Å². The molecule has 6 nitrogen and oxygen atoms in total. The molecule has 1 aromatic heterocycles. The highest BCUT2D eigenvalue weighted by molar-refractivity contribution is 8.00. The highest BCUT2D eigenvalue weighted by Gasteiger charge is 2.09. The summed E-state index contributed by atoms with van der Waals surface area (Å²) < 4.78 is 0. The maximum absolute atomic E-state index is 12.2. The number of aryl methyl sites for hydroxylation is 1. The molecule has 0 aliphatic carbocycles. The Labute approximate surface area is 213 Å². The normalized spacial score (nSPS) is 10.9. The van der Waals surface area contributed by atoms with Crippen LogP contribution < -0.4 is 10.6 Å². The molecule has 1 amide bonds. The summed E-state index contributed by atoms with van der Waals surface area (Å²) >= 11 is 12.6. The van der Waals surface area contributed by atoms with Crippen LogP contribution in [0.25, 0.3) is 16.7 Å². The molecule has 0 aliphatic heterocycles. The van der Waals surface area contributed by atoms with Crippen molar-refractivity contribution < 1.29 is 4.79 Å². The molecular weight excluding hydrogens is 486 g/mol. The lowest BCUT2D eigenvalue weighted by molar-refractivity contribution is -0.117. The van der Waals surface area contributed by atoms with Crippen molar-refractivity contribution in [1.29, 1.82) is 0 Å². The van der Waals surface area contributed by atoms with Crippen LogP contribution in [0, 0.1) is 0 Å². The van der Waals surface area contributed by atoms with E-state index in [1.807, 2.05) is 42.5 Å². The van der Waals surface area contributed by atoms with Gasteiger partial charge in [-0.2, -0.15) is 4.80 Å². The first-order valence-electron chi connectivity index (χ1n) is 11.0. The van der Waals surface area contributed by atoms with Crippen molar-refractivity contribution in [3.8, 4) is 5.69 Å². The number of unbranched alkanes of at least 4 members (excludes halogenated alkanes) is 1. The van der Waals surface area contributed by atoms with Crippen molar-refractivity contribution in [2.24, 2.45) is 0 Å². The van der Waals surface area contributed by atoms with E-state index >= 15 is 0 Å². The Balaban J connectivity index is 1.34. The Morgan fingerprint density at radius 3 is 2.50 bits per heavy atom. The Morgan fingerprint density at radius 2 is 1.76 bits per heavy atom. The van der Waals surface area contributed by atoms with Crippen LogP contribution in [0.3, 0.4) is 0 Å². The zero-order valence-corrected chi connectivity index (χ0v) is 21.0. The summed E-state index contributed by atoms with van der Waals surface area (Å²) in [5.41, 5.74) is 4.45. The number of thiocarbonyl (C=S) groups is 1. The number of fused-ring (bicyclic) bond motifs is 1. The topological polar surface area (TPSA) is 71.8 Å². The van der Waals surface area contributed by atoms with Gasteiger partial charge >= 0.3 is 0 Å². The zero-order chi connectivity index (χ0) is 23.9. The summed E-state index contributed by atoms with van der Waals surface area (Å²) in [6.45, 7) is 2.19. The van der Waals surface area contributed by atoms with Gasteiger partial charge in [0, 0.05) is 15.6 Å². The minimum atomic E-state index is -0.188. The minimum absolute atomic E-state index is 0.188. The second-order valence-corrected chi connectivity index (χ2v) is 9.60. The molecule has 3 aromatic carbocycles. The molecule has 1 heterocycles. The fourth-order valence-electron chi connectivity index (χ4n) is 3.29. The van der Waals surface area contributed by atoms with Crippen molar-refractivity contribution in [3.63, 3.8) is 0 Å². The SMILES string of the molecule is CCCCc1ccc(-n2nc3ccc(NC(=S)NC(=O)CSc4ccc(Cl)cc4)cc3n2)cc1. The average molecular weight is 510 g/mol. The van der Waals surface area contributed by atoms with E-state index in [2.05, 4.69) is 39.9 Å². The number of aromatic nitrogens is 3. The summed E-state index contributed by atoms with van der Waals surface area (Å²) in [5.74, 6) is 0.0560. The largest absolute Gasteiger partial charge is 0.332 e. The smallest absolute Gasteiger partial charge is 0.236 e. The van der Waals surface area contributed by atoms with Crippen molar-refractivity contribution >= 4 is 63.3 Å². The van der Waals surface area contributed by atoms with Crippen LogP contribution in [0.15, 0.2) is 71.6 Å². The number of nitrogens with one attached hydrogen (secondary N) is 2. The molecular formula is C25H24ClN5OS2. The van der Waals surface area contributed by atoms with E-state index in [1.54, 1.807) is 16.9 Å². The van der Waals surface area contributed by atoms with Gasteiger partial charge in [0.1, 0.15) is 11.0 Å². The lowest BCUT2D eigenvalue weighted by Crippen LogP contribution is -2.35. The molecule has 0 saturated carbocycles. The standard InChI is InChI=1S/C25H24ClN5OS2/c1-2-3-4-17-5-10-20(11-6-17)31-29-22-14-9-19(15-23(22)30-31)27-25(33)28-24(32)16-34-21-12-7-18(26)8-13-21/h5-15H,2-4,16H2,1H3,(H2,27,28,32,33). The van der Waals surface area contributed by atoms with Crippen molar-refractivity contribution in [2.75, 3.05) is 11.1 Å². The predicted molar refractivity (Wildman–Crippen MR) is 144 cm³/mol. The first kappa shape index (κ1) is 24.2. The monoisotopic (exact) mass is 509 g/mol. The van der Waals surface area contributed by atoms with Crippen molar-refractivity contribution in [1.82, 2.24) is 20.3 Å². The molecule has 0 radical (unpaired) electrons. The Morgan fingerprint density at radius 1 is 1.03 bits per heavy atom. The van der Waals surface area contributed by atoms with Crippen molar-refractivity contribution in [3.05, 3.63) is 77.3 Å². The number of carbonyl (C=O) groups excluding carboxylic acids is 1. The van der Waals surface area contributed by atoms with Crippen molar-refractivity contribution in [2.45, 2.75) is 31.1 Å². The quantitative estimate of drug-likeness (QED) is 0.223. The first-order chi connectivity index (χ1) is 16.5. The van der Waals surface area contributed by atoms with Gasteiger partial charge in [-0.25, -0.2) is 0 Å². The van der Waals surface area contributed by atoms with Gasteiger partial charge in [-0.05, 0) is 85.2 Å². The molecule has 4 aromatic rings. The van der Waals surface area contributed by atoms with E-state index in [0.717, 1.165) is 33.7 Å². The molecule has 0 unspecified atom stereocenters. The molecule has 174 valence electrons. The summed E-state index contributed by atoms with van der Waals surface area (Å²) in [4.78, 5) is 14.8. The molecule has 0 bridgehead atoms. The maximum atomic E-state index is 12.2. The van der Waals surface area contributed by atoms with Crippen LogP contribution in [-0.2, 0) is 11.2 Å². The van der Waals surface area contributed by atoms with Crippen LogP contribution in [0.5, 0.6) is 0 Å². The van der Waals surface area contributed by atoms with E-state index in [9.17, 15) is 4.79 Å². The van der Waals surface area contributed by atoms with Crippen LogP contribution in [0.2, 0.25) is 5.02 Å². The molecule has 4 rings (SSSR count). The number of benzene rings is 3. The molecule has 0 saturated heterocycles. The minimum Gasteiger partial charge on any atom is -0.332 e. The van der Waals surface area contributed by atoms with Crippen LogP contribution in [0.4, 0.5) is 5.69 Å². The van der Waals surface area contributed by atoms with Gasteiger partial charge < -0.3 is 10.6 Å². The molecule has 0 aliphatic rings. The second-order valence-electron chi connectivity index (χ2n) is 7.71. The molecule has 0 atom stereocenters. The predicted octanol–water partition coefficient (Wildman–Crippen LogP) is 6.02. The molecule has 34 heavy (non-hydrogen) atoms. The average Bonchev–Trinajstić information content (AvgIpc) is 3.26. The second kappa shape index (κ2) is 11.5. The maximum Gasteiger partial charge on any atom is 0.236 e. The zero-order valence-electron chi connectivity index (χ0n) is 18.6. The van der Waals surface area contributed by atoms with Crippen LogP contribution in [0.1, 0.15) is 25.3 Å². The molecule has 0 spiro atoms. The molecule has 2 N–H and O–H groups in total. The third kappa shape index (κ3) is 6.56. The number of hydrogen-bond acceptors (Lipinski definition) is 5. The van der Waals surface area contributed by atoms with E-state index in [0.29, 0.717) is 5.02 Å². The Bertz CT molecular complexity index is 1290. The van der Waals surface area contributed by atoms with E-state index in [1.165, 1.54) is 30.2 Å². The summed E-state index contributed by atoms with van der Waals surface area (Å²) in [6.07, 6.45) is 3.44. The number of rotatable bonds is 8. The van der Waals surface area contributed by atoms with Gasteiger partial charge in [-0.1, -0.05) is 37.1 Å².